The van der Waals surface area contributed by atoms with E-state index < -0.39 is 0 Å². The van der Waals surface area contributed by atoms with E-state index in [4.69, 9.17) is 10.5 Å². The van der Waals surface area contributed by atoms with Crippen molar-refractivity contribution in [3.63, 3.8) is 0 Å². The molecule has 0 saturated carbocycles. The number of carbonyl (C=O) groups excluding carboxylic acids is 1. The lowest BCUT2D eigenvalue weighted by Crippen LogP contribution is -2.19. The first-order valence-corrected chi connectivity index (χ1v) is 6.16. The van der Waals surface area contributed by atoms with Crippen molar-refractivity contribution < 1.29 is 9.53 Å². The third-order valence-electron chi connectivity index (χ3n) is 3.01. The largest absolute Gasteiger partial charge is 0.397 e. The van der Waals surface area contributed by atoms with Crippen molar-refractivity contribution in [2.24, 2.45) is 0 Å². The van der Waals surface area contributed by atoms with Crippen LogP contribution in [0.2, 0.25) is 0 Å². The van der Waals surface area contributed by atoms with Crippen molar-refractivity contribution in [1.82, 2.24) is 0 Å². The van der Waals surface area contributed by atoms with Gasteiger partial charge in [0.15, 0.2) is 0 Å². The highest BCUT2D eigenvalue weighted by Crippen LogP contribution is 2.30. The van der Waals surface area contributed by atoms with Gasteiger partial charge in [0.1, 0.15) is 0 Å². The van der Waals surface area contributed by atoms with Gasteiger partial charge >= 0.3 is 0 Å². The van der Waals surface area contributed by atoms with Gasteiger partial charge in [-0.05, 0) is 30.5 Å². The molecule has 1 aliphatic rings. The summed E-state index contributed by atoms with van der Waals surface area (Å²) < 4.78 is 4.99. The van der Waals surface area contributed by atoms with Gasteiger partial charge < -0.3 is 21.1 Å². The molecular formula is C13H19N3O2. The number of methoxy groups -OCH3 is 1. The van der Waals surface area contributed by atoms with Crippen molar-refractivity contribution in [3.05, 3.63) is 17.7 Å². The van der Waals surface area contributed by atoms with Gasteiger partial charge in [0.2, 0.25) is 5.91 Å². The van der Waals surface area contributed by atoms with Crippen LogP contribution in [0, 0.1) is 0 Å². The Morgan fingerprint density at radius 1 is 1.44 bits per heavy atom. The third-order valence-corrected chi connectivity index (χ3v) is 3.01. The first-order valence-electron chi connectivity index (χ1n) is 6.16. The van der Waals surface area contributed by atoms with Crippen molar-refractivity contribution in [2.75, 3.05) is 36.6 Å². The molecule has 0 spiro atoms. The standard InChI is InChI=1S/C13H19N3O2/c1-18-6-2-5-15-12-8-11-9(7-10(12)14)3-4-13(17)16-11/h7-8,15H,2-6,14H2,1H3,(H,16,17). The fourth-order valence-corrected chi connectivity index (χ4v) is 2.04. The minimum atomic E-state index is 0.0672. The molecule has 0 unspecified atom stereocenters. The Morgan fingerprint density at radius 3 is 3.06 bits per heavy atom. The van der Waals surface area contributed by atoms with Gasteiger partial charge in [0.25, 0.3) is 0 Å². The van der Waals surface area contributed by atoms with Crippen LogP contribution in [-0.4, -0.2) is 26.2 Å². The van der Waals surface area contributed by atoms with Crippen LogP contribution in [0.5, 0.6) is 0 Å². The van der Waals surface area contributed by atoms with Gasteiger partial charge in [0, 0.05) is 32.4 Å². The zero-order valence-corrected chi connectivity index (χ0v) is 10.6. The zero-order valence-electron chi connectivity index (χ0n) is 10.6. The first-order chi connectivity index (χ1) is 8.70. The second kappa shape index (κ2) is 5.73. The molecule has 0 atom stereocenters. The van der Waals surface area contributed by atoms with E-state index in [2.05, 4.69) is 10.6 Å². The number of anilines is 3. The van der Waals surface area contributed by atoms with E-state index in [0.29, 0.717) is 13.0 Å². The summed E-state index contributed by atoms with van der Waals surface area (Å²) >= 11 is 0. The number of benzene rings is 1. The van der Waals surface area contributed by atoms with Crippen LogP contribution >= 0.6 is 0 Å². The maximum Gasteiger partial charge on any atom is 0.224 e. The molecule has 0 aliphatic carbocycles. The molecule has 1 heterocycles. The number of nitrogens with one attached hydrogen (secondary N) is 2. The topological polar surface area (TPSA) is 76.4 Å². The van der Waals surface area contributed by atoms with Crippen molar-refractivity contribution in [1.29, 1.82) is 0 Å². The third kappa shape index (κ3) is 2.92. The van der Waals surface area contributed by atoms with E-state index in [-0.39, 0.29) is 5.91 Å². The van der Waals surface area contributed by atoms with E-state index in [1.165, 1.54) is 0 Å². The second-order valence-electron chi connectivity index (χ2n) is 4.42. The number of rotatable bonds is 5. The number of nitrogens with two attached hydrogens (primary N) is 1. The Bertz CT molecular complexity index is 446. The average Bonchev–Trinajstić information content (AvgIpc) is 2.35. The quantitative estimate of drug-likeness (QED) is 0.547. The van der Waals surface area contributed by atoms with E-state index in [1.54, 1.807) is 7.11 Å². The van der Waals surface area contributed by atoms with E-state index in [1.807, 2.05) is 12.1 Å². The van der Waals surface area contributed by atoms with Gasteiger partial charge in [-0.25, -0.2) is 0 Å². The number of ether oxygens (including phenoxy) is 1. The summed E-state index contributed by atoms with van der Waals surface area (Å²) in [5.41, 5.74) is 9.56. The molecular weight excluding hydrogens is 230 g/mol. The van der Waals surface area contributed by atoms with E-state index in [0.717, 1.165) is 42.0 Å². The number of aryl methyl sites for hydroxylation is 1. The monoisotopic (exact) mass is 249 g/mol. The minimum Gasteiger partial charge on any atom is -0.397 e. The van der Waals surface area contributed by atoms with Gasteiger partial charge in [-0.3, -0.25) is 4.79 Å². The molecule has 5 heteroatoms. The summed E-state index contributed by atoms with van der Waals surface area (Å²) in [6.07, 6.45) is 2.21. The van der Waals surface area contributed by atoms with Crippen LogP contribution in [0.25, 0.3) is 0 Å². The molecule has 1 amide bonds. The Hall–Kier alpha value is -1.75. The number of hydrogen-bond donors (Lipinski definition) is 3. The lowest BCUT2D eigenvalue weighted by molar-refractivity contribution is -0.116. The van der Waals surface area contributed by atoms with Crippen LogP contribution in [0.3, 0.4) is 0 Å². The maximum absolute atomic E-state index is 11.3. The van der Waals surface area contributed by atoms with Crippen LogP contribution in [-0.2, 0) is 16.0 Å². The fourth-order valence-electron chi connectivity index (χ4n) is 2.04. The number of nitrogen functional groups attached to an aromatic ring is 1. The van der Waals surface area contributed by atoms with Crippen molar-refractivity contribution >= 4 is 23.0 Å². The van der Waals surface area contributed by atoms with Gasteiger partial charge in [-0.1, -0.05) is 0 Å². The molecule has 5 nitrogen and oxygen atoms in total. The second-order valence-corrected chi connectivity index (χ2v) is 4.42. The molecule has 1 aromatic rings. The Kier molecular flexibility index (Phi) is 4.04. The van der Waals surface area contributed by atoms with Crippen LogP contribution in [0.15, 0.2) is 12.1 Å². The fraction of sp³-hybridized carbons (Fsp3) is 0.462. The average molecular weight is 249 g/mol. The zero-order chi connectivity index (χ0) is 13.0. The molecule has 2 rings (SSSR count). The molecule has 0 radical (unpaired) electrons. The molecule has 98 valence electrons. The van der Waals surface area contributed by atoms with E-state index >= 15 is 0 Å². The smallest absolute Gasteiger partial charge is 0.224 e. The van der Waals surface area contributed by atoms with Crippen molar-refractivity contribution in [3.8, 4) is 0 Å². The van der Waals surface area contributed by atoms with Crippen LogP contribution in [0.1, 0.15) is 18.4 Å². The molecule has 1 aromatic carbocycles. The van der Waals surface area contributed by atoms with Gasteiger partial charge in [-0.15, -0.1) is 0 Å². The molecule has 0 bridgehead atoms. The number of amides is 1. The predicted octanol–water partition coefficient (Wildman–Crippen LogP) is 1.60. The molecule has 4 N–H and O–H groups in total. The summed E-state index contributed by atoms with van der Waals surface area (Å²) in [6.45, 7) is 1.51. The molecule has 0 fully saturated rings. The lowest BCUT2D eigenvalue weighted by atomic mass is 10.0. The molecule has 0 aromatic heterocycles. The summed E-state index contributed by atoms with van der Waals surface area (Å²) in [5.74, 6) is 0.0672. The van der Waals surface area contributed by atoms with Crippen molar-refractivity contribution in [2.45, 2.75) is 19.3 Å². The Labute approximate surface area is 107 Å². The lowest BCUT2D eigenvalue weighted by Gasteiger charge is -2.19. The number of carbonyl (C=O) groups is 1. The van der Waals surface area contributed by atoms with Crippen LogP contribution < -0.4 is 16.4 Å². The molecule has 1 aliphatic heterocycles. The summed E-state index contributed by atoms with van der Waals surface area (Å²) in [7, 11) is 1.68. The molecule has 0 saturated heterocycles. The number of fused-ring (bicyclic) bond motifs is 1. The maximum atomic E-state index is 11.3. The van der Waals surface area contributed by atoms with Gasteiger partial charge in [-0.2, -0.15) is 0 Å². The van der Waals surface area contributed by atoms with Crippen LogP contribution in [0.4, 0.5) is 17.1 Å². The summed E-state index contributed by atoms with van der Waals surface area (Å²) in [4.78, 5) is 11.3. The highest BCUT2D eigenvalue weighted by molar-refractivity contribution is 5.95. The minimum absolute atomic E-state index is 0.0672. The first kappa shape index (κ1) is 12.7. The highest BCUT2D eigenvalue weighted by atomic mass is 16.5. The van der Waals surface area contributed by atoms with Gasteiger partial charge in [0.05, 0.1) is 11.4 Å². The SMILES string of the molecule is COCCCNc1cc2c(cc1N)CCC(=O)N2. The Morgan fingerprint density at radius 2 is 2.28 bits per heavy atom. The summed E-state index contributed by atoms with van der Waals surface area (Å²) in [6, 6.07) is 3.85. The number of hydrogen-bond acceptors (Lipinski definition) is 4. The summed E-state index contributed by atoms with van der Waals surface area (Å²) in [5, 5.41) is 6.13. The highest BCUT2D eigenvalue weighted by Gasteiger charge is 2.16. The Balaban J connectivity index is 2.06. The molecule has 18 heavy (non-hydrogen) atoms. The normalized spacial score (nSPS) is 13.9. The van der Waals surface area contributed by atoms with E-state index in [9.17, 15) is 4.79 Å². The predicted molar refractivity (Wildman–Crippen MR) is 72.8 cm³/mol.